The third-order valence-electron chi connectivity index (χ3n) is 16.9. The van der Waals surface area contributed by atoms with E-state index in [-0.39, 0.29) is 27.9 Å². The predicted molar refractivity (Wildman–Crippen MR) is 320 cm³/mol. The average molecular weight is 1020 g/mol. The molecule has 12 aromatic rings. The number of hydrogen-bond donors (Lipinski definition) is 0. The van der Waals surface area contributed by atoms with E-state index in [0.717, 1.165) is 11.4 Å². The first-order valence-corrected chi connectivity index (χ1v) is 27.9. The molecule has 7 heteroatoms. The Bertz CT molecular complexity index is 4140. The van der Waals surface area contributed by atoms with Crippen LogP contribution in [0.2, 0.25) is 0 Å². The summed E-state index contributed by atoms with van der Waals surface area (Å²) in [6, 6.07) is 87.2. The van der Waals surface area contributed by atoms with Crippen LogP contribution in [0, 0.1) is 13.8 Å². The molecule has 11 aromatic carbocycles. The van der Waals surface area contributed by atoms with E-state index in [1.807, 2.05) is 0 Å². The molecule has 1 aromatic heterocycles. The predicted octanol–water partition coefficient (Wildman–Crippen LogP) is 13.5. The number of anilines is 12. The molecule has 0 radical (unpaired) electrons. The van der Waals surface area contributed by atoms with E-state index < -0.39 is 0 Å². The molecule has 0 aliphatic carbocycles. The molecule has 0 atom stereocenters. The Labute approximate surface area is 442 Å². The van der Waals surface area contributed by atoms with Crippen molar-refractivity contribution in [3.63, 3.8) is 0 Å². The molecule has 0 amide bonds. The summed E-state index contributed by atoms with van der Waals surface area (Å²) in [5.74, 6) is 0. The van der Waals surface area contributed by atoms with Crippen molar-refractivity contribution >= 4 is 150 Å². The van der Waals surface area contributed by atoms with E-state index in [4.69, 9.17) is 0 Å². The van der Waals surface area contributed by atoms with Crippen molar-refractivity contribution in [1.82, 2.24) is 0 Å². The van der Waals surface area contributed by atoms with Crippen LogP contribution in [0.3, 0.4) is 0 Å². The summed E-state index contributed by atoms with van der Waals surface area (Å²) in [6.45, 7) is 4.75. The monoisotopic (exact) mass is 1020 g/mol. The van der Waals surface area contributed by atoms with Gasteiger partial charge in [-0.05, 0) is 0 Å². The van der Waals surface area contributed by atoms with Crippen LogP contribution >= 0.6 is 0 Å². The van der Waals surface area contributed by atoms with E-state index in [9.17, 15) is 0 Å². The summed E-state index contributed by atoms with van der Waals surface area (Å²) in [6.07, 6.45) is 0. The van der Waals surface area contributed by atoms with Gasteiger partial charge in [-0.3, -0.25) is 0 Å². The Morgan fingerprint density at radius 1 is 0.280 bits per heavy atom. The SMILES string of the molecule is Cc1[se]c(C)c2c1N1c3cc(-c4ccccc4)cc4c3B(c3cc5ccccc5cc3N4c3ccccc3)c3ccc4c(c31)N2c1cc(-c2ccccc2)cc2c1B4c1cc3ccccc3cc1N2c1ccccc1. The van der Waals surface area contributed by atoms with E-state index >= 15 is 0 Å². The first kappa shape index (κ1) is 41.7. The molecule has 0 saturated carbocycles. The van der Waals surface area contributed by atoms with Crippen LogP contribution in [-0.4, -0.2) is 27.9 Å². The second-order valence-electron chi connectivity index (χ2n) is 20.8. The fraction of sp³-hybridized carbons (Fsp3) is 0.0294. The standard InChI is InChI=1S/C68H44B2N4Se/c1-41-65-66(42(2)75-41)74-62-40-50(44-21-9-4-10-22-44)38-60-64(62)70(56-34-46-24-16-18-26-48(46)36-58(56)72(60)52-29-13-6-14-30-52)54-32-31-53-67(68(54)74)73(65)61-39-49(43-19-7-3-8-20-43)37-59-63(61)69(53)55-33-45-23-15-17-25-47(45)35-57(55)71(59)51-27-11-5-12-28-51/h3-40H,1-2H3. The van der Waals surface area contributed by atoms with Gasteiger partial charge in [0.1, 0.15) is 0 Å². The maximum atomic E-state index is 2.76. The van der Waals surface area contributed by atoms with Crippen LogP contribution < -0.4 is 52.4 Å². The first-order chi connectivity index (χ1) is 37.1. The van der Waals surface area contributed by atoms with Gasteiger partial charge in [0.25, 0.3) is 0 Å². The number of para-hydroxylation sites is 2. The van der Waals surface area contributed by atoms with Gasteiger partial charge in [-0.1, -0.05) is 0 Å². The summed E-state index contributed by atoms with van der Waals surface area (Å²) >= 11 is 0.137. The van der Waals surface area contributed by atoms with Gasteiger partial charge in [0.2, 0.25) is 0 Å². The van der Waals surface area contributed by atoms with Gasteiger partial charge in [0.15, 0.2) is 0 Å². The van der Waals surface area contributed by atoms with Crippen LogP contribution in [0.15, 0.2) is 231 Å². The van der Waals surface area contributed by atoms with Gasteiger partial charge in [0, 0.05) is 0 Å². The van der Waals surface area contributed by atoms with Crippen LogP contribution in [-0.2, 0) is 0 Å². The molecule has 4 nitrogen and oxygen atoms in total. The summed E-state index contributed by atoms with van der Waals surface area (Å²) < 4.78 is 2.91. The normalized spacial score (nSPS) is 13.8. The summed E-state index contributed by atoms with van der Waals surface area (Å²) in [5.41, 5.74) is 28.0. The summed E-state index contributed by atoms with van der Waals surface area (Å²) in [5, 5.41) is 4.99. The molecular formula is C68H44B2N4Se. The Balaban J connectivity index is 1.03. The molecule has 17 rings (SSSR count). The second kappa shape index (κ2) is 15.4. The van der Waals surface area contributed by atoms with Gasteiger partial charge < -0.3 is 0 Å². The summed E-state index contributed by atoms with van der Waals surface area (Å²) in [4.78, 5) is 10.7. The van der Waals surface area contributed by atoms with Crippen molar-refractivity contribution in [2.45, 2.75) is 13.8 Å². The van der Waals surface area contributed by atoms with E-state index in [1.165, 1.54) is 142 Å². The zero-order chi connectivity index (χ0) is 49.2. The number of fused-ring (bicyclic) bond motifs is 13. The zero-order valence-electron chi connectivity index (χ0n) is 41.3. The maximum absolute atomic E-state index is 2.76. The summed E-state index contributed by atoms with van der Waals surface area (Å²) in [7, 11) is 0. The fourth-order valence-electron chi connectivity index (χ4n) is 13.9. The van der Waals surface area contributed by atoms with Gasteiger partial charge in [-0.2, -0.15) is 0 Å². The number of rotatable bonds is 4. The fourth-order valence-corrected chi connectivity index (χ4v) is 16.0. The van der Waals surface area contributed by atoms with E-state index in [2.05, 4.69) is 264 Å². The van der Waals surface area contributed by atoms with E-state index in [1.54, 1.807) is 0 Å². The van der Waals surface area contributed by atoms with Crippen molar-refractivity contribution in [2.24, 2.45) is 0 Å². The third kappa shape index (κ3) is 5.69. The zero-order valence-corrected chi connectivity index (χ0v) is 43.0. The number of hydrogen-bond acceptors (Lipinski definition) is 4. The molecule has 5 aliphatic heterocycles. The number of benzene rings is 11. The quantitative estimate of drug-likeness (QED) is 0.163. The molecule has 348 valence electrons. The van der Waals surface area contributed by atoms with Crippen molar-refractivity contribution in [1.29, 1.82) is 0 Å². The Morgan fingerprint density at radius 3 is 1.00 bits per heavy atom. The second-order valence-corrected chi connectivity index (χ2v) is 23.8. The van der Waals surface area contributed by atoms with E-state index in [0.29, 0.717) is 0 Å². The topological polar surface area (TPSA) is 13.0 Å². The first-order valence-electron chi connectivity index (χ1n) is 26.2. The molecule has 0 unspecified atom stereocenters. The van der Waals surface area contributed by atoms with Crippen LogP contribution in [0.5, 0.6) is 0 Å². The van der Waals surface area contributed by atoms with Crippen molar-refractivity contribution in [2.75, 3.05) is 19.6 Å². The Morgan fingerprint density at radius 2 is 0.613 bits per heavy atom. The minimum atomic E-state index is -0.0407. The molecule has 0 saturated heterocycles. The van der Waals surface area contributed by atoms with Crippen molar-refractivity contribution in [3.05, 3.63) is 239 Å². The Kier molecular flexibility index (Phi) is 8.57. The molecule has 0 bridgehead atoms. The Hall–Kier alpha value is -8.73. The molecule has 6 heterocycles. The molecule has 5 aliphatic rings. The average Bonchev–Trinajstić information content (AvgIpc) is 3.97. The molecule has 0 N–H and O–H groups in total. The van der Waals surface area contributed by atoms with Gasteiger partial charge in [-0.25, -0.2) is 0 Å². The van der Waals surface area contributed by atoms with Crippen LogP contribution in [0.1, 0.15) is 8.87 Å². The third-order valence-corrected chi connectivity index (χ3v) is 19.0. The van der Waals surface area contributed by atoms with Crippen LogP contribution in [0.25, 0.3) is 43.8 Å². The number of nitrogens with zero attached hydrogens (tertiary/aromatic N) is 4. The molecule has 0 fully saturated rings. The molecule has 0 spiro atoms. The van der Waals surface area contributed by atoms with Gasteiger partial charge in [-0.15, -0.1) is 0 Å². The molecular weight excluding hydrogens is 973 g/mol. The van der Waals surface area contributed by atoms with Crippen molar-refractivity contribution < 1.29 is 0 Å². The van der Waals surface area contributed by atoms with Gasteiger partial charge >= 0.3 is 446 Å². The minimum absolute atomic E-state index is 0.0407. The number of aryl methyl sites for hydroxylation is 2. The molecule has 75 heavy (non-hydrogen) atoms. The van der Waals surface area contributed by atoms with Gasteiger partial charge in [0.05, 0.1) is 0 Å². The van der Waals surface area contributed by atoms with Crippen LogP contribution in [0.4, 0.5) is 68.2 Å². The van der Waals surface area contributed by atoms with Crippen molar-refractivity contribution in [3.8, 4) is 22.3 Å².